The number of nitrogens with one attached hydrogen (secondary N) is 1. The van der Waals surface area contributed by atoms with Crippen molar-refractivity contribution in [2.24, 2.45) is 0 Å². The molecule has 6 heterocycles. The van der Waals surface area contributed by atoms with Gasteiger partial charge in [-0.2, -0.15) is 9.97 Å². The van der Waals surface area contributed by atoms with E-state index in [-0.39, 0.29) is 35.8 Å². The summed E-state index contributed by atoms with van der Waals surface area (Å²) < 4.78 is 37.5. The van der Waals surface area contributed by atoms with E-state index in [1.165, 1.54) is 6.08 Å². The second kappa shape index (κ2) is 13.4. The number of benzene rings is 2. The van der Waals surface area contributed by atoms with Gasteiger partial charge < -0.3 is 15.0 Å². The summed E-state index contributed by atoms with van der Waals surface area (Å²) in [5.74, 6) is 0.214. The van der Waals surface area contributed by atoms with Gasteiger partial charge in [-0.25, -0.2) is 18.7 Å². The minimum atomic E-state index is -0.917. The molecule has 0 bridgehead atoms. The molecule has 3 aliphatic heterocycles. The third-order valence-corrected chi connectivity index (χ3v) is 10.5. The maximum Gasteiger partial charge on any atom is 0.319 e. The highest BCUT2D eigenvalue weighted by Gasteiger charge is 2.49. The van der Waals surface area contributed by atoms with E-state index in [0.29, 0.717) is 71.2 Å². The van der Waals surface area contributed by atoms with Crippen molar-refractivity contribution < 1.29 is 18.3 Å². The predicted molar refractivity (Wildman–Crippen MR) is 193 cm³/mol. The Hall–Kier alpha value is -4.81. The summed E-state index contributed by atoms with van der Waals surface area (Å²) in [5.41, 5.74) is 1.74. The fraction of sp³-hybridized carbons (Fsp3) is 0.368. The zero-order valence-electron chi connectivity index (χ0n) is 28.4. The van der Waals surface area contributed by atoms with Crippen molar-refractivity contribution in [2.75, 3.05) is 38.1 Å². The molecule has 0 unspecified atom stereocenters. The number of likely N-dealkylation sites (tertiary alicyclic amines) is 1. The van der Waals surface area contributed by atoms with E-state index in [1.807, 2.05) is 44.2 Å². The van der Waals surface area contributed by atoms with Crippen molar-refractivity contribution in [3.63, 3.8) is 0 Å². The zero-order valence-corrected chi connectivity index (χ0v) is 29.1. The van der Waals surface area contributed by atoms with Gasteiger partial charge in [-0.15, -0.1) is 0 Å². The number of halogens is 3. The molecule has 262 valence electrons. The third kappa shape index (κ3) is 6.46. The summed E-state index contributed by atoms with van der Waals surface area (Å²) >= 11 is 6.61. The van der Waals surface area contributed by atoms with Crippen molar-refractivity contribution in [2.45, 2.75) is 57.3 Å². The van der Waals surface area contributed by atoms with Crippen molar-refractivity contribution in [3.8, 4) is 17.3 Å². The van der Waals surface area contributed by atoms with Crippen molar-refractivity contribution in [1.82, 2.24) is 34.7 Å². The lowest BCUT2D eigenvalue weighted by atomic mass is 9.95. The summed E-state index contributed by atoms with van der Waals surface area (Å²) in [5, 5.41) is 5.84. The molecule has 0 aliphatic carbocycles. The molecule has 3 aromatic heterocycles. The van der Waals surface area contributed by atoms with E-state index in [2.05, 4.69) is 30.2 Å². The van der Waals surface area contributed by atoms with E-state index in [9.17, 15) is 9.18 Å². The van der Waals surface area contributed by atoms with Gasteiger partial charge in [0.1, 0.15) is 35.6 Å². The van der Waals surface area contributed by atoms with Gasteiger partial charge in [-0.05, 0) is 63.2 Å². The van der Waals surface area contributed by atoms with E-state index >= 15 is 4.39 Å². The standard InChI is InChI=1S/C38H37ClF2N8O2/c1-22-16-26(44-23(2)43-22)10-11-31(50)48-15-12-27(20-48)45-36-29-18-42-34(28-8-3-6-24-7-4-9-30(39)32(24)28)33(41)35(29)46-37(47-36)51-21-38-13-5-14-49(38)19-25(40)17-38/h3-4,6-11,16,18,25,27H,5,12-15,17,19-21H2,1-2H3,(H,45,46,47)/b11-10+/t25-,27-,38+/m1/s1. The molecule has 2 aromatic carbocycles. The van der Waals surface area contributed by atoms with Crippen LogP contribution in [0.5, 0.6) is 6.01 Å². The van der Waals surface area contributed by atoms with Crippen molar-refractivity contribution in [3.05, 3.63) is 82.8 Å². The molecular weight excluding hydrogens is 674 g/mol. The maximum atomic E-state index is 16.7. The van der Waals surface area contributed by atoms with Crippen LogP contribution in [-0.2, 0) is 4.79 Å². The lowest BCUT2D eigenvalue weighted by molar-refractivity contribution is -0.124. The lowest BCUT2D eigenvalue weighted by Gasteiger charge is -2.30. The van der Waals surface area contributed by atoms with Crippen LogP contribution in [0, 0.1) is 19.7 Å². The summed E-state index contributed by atoms with van der Waals surface area (Å²) in [4.78, 5) is 39.6. The number of pyridine rings is 1. The van der Waals surface area contributed by atoms with Gasteiger partial charge in [-0.3, -0.25) is 14.7 Å². The van der Waals surface area contributed by atoms with E-state index in [4.69, 9.17) is 21.3 Å². The van der Waals surface area contributed by atoms with Crippen molar-refractivity contribution in [1.29, 1.82) is 0 Å². The van der Waals surface area contributed by atoms with Gasteiger partial charge in [0, 0.05) is 66.0 Å². The number of nitrogens with zero attached hydrogens (tertiary/aromatic N) is 7. The topological polar surface area (TPSA) is 109 Å². The summed E-state index contributed by atoms with van der Waals surface area (Å²) in [7, 11) is 0. The second-order valence-corrected chi connectivity index (χ2v) is 14.2. The Labute approximate surface area is 298 Å². The minimum absolute atomic E-state index is 0.00941. The molecule has 3 fully saturated rings. The molecule has 0 spiro atoms. The summed E-state index contributed by atoms with van der Waals surface area (Å²) in [6.45, 7) is 6.03. The normalized spacial score (nSPS) is 22.0. The average Bonchev–Trinajstić information content (AvgIpc) is 3.81. The number of anilines is 1. The number of fused-ring (bicyclic) bond motifs is 3. The molecule has 13 heteroatoms. The van der Waals surface area contributed by atoms with Gasteiger partial charge in [0.25, 0.3) is 0 Å². The number of rotatable bonds is 8. The van der Waals surface area contributed by atoms with Crippen LogP contribution in [0.3, 0.4) is 0 Å². The molecule has 1 amide bonds. The number of ether oxygens (including phenoxy) is 1. The van der Waals surface area contributed by atoms with Crippen LogP contribution in [0.1, 0.15) is 42.9 Å². The molecule has 5 aromatic rings. The van der Waals surface area contributed by atoms with Crippen LogP contribution in [-0.4, -0.2) is 91.2 Å². The van der Waals surface area contributed by atoms with Gasteiger partial charge in [-0.1, -0.05) is 41.9 Å². The van der Waals surface area contributed by atoms with Crippen molar-refractivity contribution >= 4 is 51.1 Å². The summed E-state index contributed by atoms with van der Waals surface area (Å²) in [6.07, 6.45) is 6.66. The first-order chi connectivity index (χ1) is 24.7. The molecule has 10 nitrogen and oxygen atoms in total. The molecule has 1 N–H and O–H groups in total. The molecule has 3 saturated heterocycles. The first kappa shape index (κ1) is 33.3. The number of hydrogen-bond acceptors (Lipinski definition) is 9. The first-order valence-electron chi connectivity index (χ1n) is 17.3. The fourth-order valence-corrected chi connectivity index (χ4v) is 8.19. The quantitative estimate of drug-likeness (QED) is 0.176. The molecular formula is C38H37ClF2N8O2. The molecule has 3 aliphatic rings. The summed E-state index contributed by atoms with van der Waals surface area (Å²) in [6, 6.07) is 12.7. The number of aryl methyl sites for hydroxylation is 2. The van der Waals surface area contributed by atoms with E-state index < -0.39 is 17.5 Å². The molecule has 0 radical (unpaired) electrons. The smallest absolute Gasteiger partial charge is 0.319 e. The molecule has 8 rings (SSSR count). The highest BCUT2D eigenvalue weighted by molar-refractivity contribution is 6.36. The Kier molecular flexibility index (Phi) is 8.75. The fourth-order valence-electron chi connectivity index (χ4n) is 7.90. The number of aromatic nitrogens is 5. The first-order valence-corrected chi connectivity index (χ1v) is 17.7. The Morgan fingerprint density at radius 2 is 1.96 bits per heavy atom. The van der Waals surface area contributed by atoms with E-state index in [1.54, 1.807) is 29.3 Å². The van der Waals surface area contributed by atoms with Gasteiger partial charge in [0.2, 0.25) is 5.91 Å². The zero-order chi connectivity index (χ0) is 35.3. The van der Waals surface area contributed by atoms with Crippen LogP contribution in [0.15, 0.2) is 54.7 Å². The Balaban J connectivity index is 1.11. The SMILES string of the molecule is Cc1cc(/C=C/C(=O)N2CC[C@@H](Nc3nc(OC[C@@]45CCCN4C[C@H](F)C5)nc4c(F)c(-c5cccc6cccc(Cl)c56)ncc34)C2)nc(C)n1. The van der Waals surface area contributed by atoms with Crippen LogP contribution in [0.4, 0.5) is 14.6 Å². The lowest BCUT2D eigenvalue weighted by Crippen LogP contribution is -2.43. The highest BCUT2D eigenvalue weighted by Crippen LogP contribution is 2.41. The maximum absolute atomic E-state index is 16.7. The van der Waals surface area contributed by atoms with Gasteiger partial charge in [0.05, 0.1) is 16.6 Å². The Bertz CT molecular complexity index is 2180. The number of amides is 1. The highest BCUT2D eigenvalue weighted by atomic mass is 35.5. The number of hydrogen-bond donors (Lipinski definition) is 1. The van der Waals surface area contributed by atoms with Crippen LogP contribution < -0.4 is 10.1 Å². The molecule has 0 saturated carbocycles. The number of carbonyl (C=O) groups excluding carboxylic acids is 1. The molecule has 51 heavy (non-hydrogen) atoms. The number of carbonyl (C=O) groups is 1. The predicted octanol–water partition coefficient (Wildman–Crippen LogP) is 6.73. The van der Waals surface area contributed by atoms with Crippen LogP contribution in [0.25, 0.3) is 39.0 Å². The second-order valence-electron chi connectivity index (χ2n) is 13.8. The van der Waals surface area contributed by atoms with Crippen LogP contribution >= 0.6 is 11.6 Å². The Morgan fingerprint density at radius 3 is 2.80 bits per heavy atom. The third-order valence-electron chi connectivity index (χ3n) is 10.2. The van der Waals surface area contributed by atoms with Crippen LogP contribution in [0.2, 0.25) is 5.02 Å². The average molecular weight is 711 g/mol. The molecule has 3 atom stereocenters. The van der Waals surface area contributed by atoms with Gasteiger partial charge in [0.15, 0.2) is 5.82 Å². The largest absolute Gasteiger partial charge is 0.461 e. The Morgan fingerprint density at radius 1 is 1.12 bits per heavy atom. The number of alkyl halides is 1. The van der Waals surface area contributed by atoms with Gasteiger partial charge >= 0.3 is 6.01 Å². The monoisotopic (exact) mass is 710 g/mol. The van der Waals surface area contributed by atoms with E-state index in [0.717, 1.165) is 30.5 Å². The minimum Gasteiger partial charge on any atom is -0.461 e.